The smallest absolute Gasteiger partial charge is 0.269 e. The molecule has 3 aromatic heterocycles. The summed E-state index contributed by atoms with van der Waals surface area (Å²) in [5, 5.41) is 11.0. The lowest BCUT2D eigenvalue weighted by molar-refractivity contribution is 0.205. The number of aromatic nitrogens is 4. The molecule has 0 bridgehead atoms. The maximum absolute atomic E-state index is 13.1. The third-order valence-corrected chi connectivity index (χ3v) is 6.75. The van der Waals surface area contributed by atoms with E-state index in [4.69, 9.17) is 5.26 Å². The van der Waals surface area contributed by atoms with E-state index in [-0.39, 0.29) is 11.6 Å². The Morgan fingerprint density at radius 1 is 0.882 bits per heavy atom. The van der Waals surface area contributed by atoms with Crippen LogP contribution in [-0.4, -0.2) is 44.1 Å². The standard InChI is InChI=1S/C27H22N6O/c28-9-12-32-10-7-21(8-11-32)33-26(34)17-31-25-16-30-24-6-5-18(14-22(24)27(25)33)20-13-19-3-1-2-4-23(19)29-15-20/h1-6,13-17,21H,7-8,10-12H2. The highest BCUT2D eigenvalue weighted by molar-refractivity contribution is 6.03. The van der Waals surface area contributed by atoms with Crippen molar-refractivity contribution in [2.45, 2.75) is 18.9 Å². The fourth-order valence-electron chi connectivity index (χ4n) is 5.02. The van der Waals surface area contributed by atoms with E-state index in [1.807, 2.05) is 41.1 Å². The summed E-state index contributed by atoms with van der Waals surface area (Å²) in [5.74, 6) is 0. The van der Waals surface area contributed by atoms with Gasteiger partial charge in [0.1, 0.15) is 5.52 Å². The van der Waals surface area contributed by atoms with Gasteiger partial charge in [-0.1, -0.05) is 24.3 Å². The second-order valence-corrected chi connectivity index (χ2v) is 8.77. The van der Waals surface area contributed by atoms with Crippen LogP contribution in [0.1, 0.15) is 18.9 Å². The van der Waals surface area contributed by atoms with Crippen molar-refractivity contribution in [3.05, 3.63) is 77.5 Å². The fourth-order valence-corrected chi connectivity index (χ4v) is 5.02. The van der Waals surface area contributed by atoms with Crippen LogP contribution in [0.25, 0.3) is 44.0 Å². The van der Waals surface area contributed by atoms with Gasteiger partial charge in [-0.05, 0) is 42.7 Å². The first-order chi connectivity index (χ1) is 16.7. The molecule has 0 aliphatic carbocycles. The summed E-state index contributed by atoms with van der Waals surface area (Å²) in [7, 11) is 0. The Balaban J connectivity index is 1.52. The molecule has 0 N–H and O–H groups in total. The van der Waals surface area contributed by atoms with Crippen LogP contribution >= 0.6 is 0 Å². The van der Waals surface area contributed by atoms with E-state index < -0.39 is 0 Å². The van der Waals surface area contributed by atoms with Gasteiger partial charge >= 0.3 is 0 Å². The van der Waals surface area contributed by atoms with Crippen LogP contribution in [0.5, 0.6) is 0 Å². The number of benzene rings is 2. The molecule has 166 valence electrons. The van der Waals surface area contributed by atoms with Gasteiger partial charge in [0.15, 0.2) is 0 Å². The van der Waals surface area contributed by atoms with Gasteiger partial charge in [0, 0.05) is 41.7 Å². The molecule has 4 heterocycles. The zero-order valence-electron chi connectivity index (χ0n) is 18.6. The van der Waals surface area contributed by atoms with E-state index in [1.165, 1.54) is 6.20 Å². The molecule has 1 aliphatic heterocycles. The van der Waals surface area contributed by atoms with Gasteiger partial charge in [-0.15, -0.1) is 0 Å². The molecule has 0 saturated carbocycles. The van der Waals surface area contributed by atoms with Crippen LogP contribution in [0.2, 0.25) is 0 Å². The van der Waals surface area contributed by atoms with E-state index in [1.54, 1.807) is 6.20 Å². The van der Waals surface area contributed by atoms with Gasteiger partial charge in [-0.3, -0.25) is 19.7 Å². The molecule has 7 nitrogen and oxygen atoms in total. The Kier molecular flexibility index (Phi) is 5.01. The van der Waals surface area contributed by atoms with Crippen molar-refractivity contribution >= 4 is 32.8 Å². The van der Waals surface area contributed by atoms with Crippen molar-refractivity contribution < 1.29 is 0 Å². The van der Waals surface area contributed by atoms with Crippen molar-refractivity contribution in [3.8, 4) is 17.2 Å². The Morgan fingerprint density at radius 2 is 1.68 bits per heavy atom. The molecule has 1 aliphatic rings. The molecular weight excluding hydrogens is 424 g/mol. The minimum absolute atomic E-state index is 0.0598. The van der Waals surface area contributed by atoms with E-state index in [9.17, 15) is 4.79 Å². The Morgan fingerprint density at radius 3 is 2.53 bits per heavy atom. The molecule has 6 rings (SSSR count). The second kappa shape index (κ2) is 8.32. The summed E-state index contributed by atoms with van der Waals surface area (Å²) in [5.41, 5.74) is 5.25. The molecule has 34 heavy (non-hydrogen) atoms. The van der Waals surface area contributed by atoms with Crippen LogP contribution in [0.3, 0.4) is 0 Å². The van der Waals surface area contributed by atoms with Crippen molar-refractivity contribution in [3.63, 3.8) is 0 Å². The summed E-state index contributed by atoms with van der Waals surface area (Å²) >= 11 is 0. The topological polar surface area (TPSA) is 87.7 Å². The summed E-state index contributed by atoms with van der Waals surface area (Å²) in [6, 6.07) is 18.6. The highest BCUT2D eigenvalue weighted by Gasteiger charge is 2.23. The van der Waals surface area contributed by atoms with Crippen LogP contribution in [-0.2, 0) is 0 Å². The molecule has 1 fully saturated rings. The number of hydrogen-bond acceptors (Lipinski definition) is 6. The highest BCUT2D eigenvalue weighted by atomic mass is 16.1. The fraction of sp³-hybridized carbons (Fsp3) is 0.222. The number of fused-ring (bicyclic) bond motifs is 4. The number of likely N-dealkylation sites (tertiary alicyclic amines) is 1. The lowest BCUT2D eigenvalue weighted by atomic mass is 10.0. The largest absolute Gasteiger partial charge is 0.302 e. The van der Waals surface area contributed by atoms with Gasteiger partial charge in [0.05, 0.1) is 41.6 Å². The predicted octanol–water partition coefficient (Wildman–Crippen LogP) is 4.32. The second-order valence-electron chi connectivity index (χ2n) is 8.77. The summed E-state index contributed by atoms with van der Waals surface area (Å²) in [6.07, 6.45) is 6.67. The average molecular weight is 447 g/mol. The van der Waals surface area contributed by atoms with Gasteiger partial charge in [0.25, 0.3) is 5.56 Å². The zero-order valence-corrected chi connectivity index (χ0v) is 18.6. The molecule has 5 aromatic rings. The maximum atomic E-state index is 13.1. The first kappa shape index (κ1) is 20.5. The number of nitriles is 1. The van der Waals surface area contributed by atoms with Crippen LogP contribution in [0.15, 0.2) is 71.9 Å². The van der Waals surface area contributed by atoms with Crippen molar-refractivity contribution in [1.29, 1.82) is 5.26 Å². The predicted molar refractivity (Wildman–Crippen MR) is 132 cm³/mol. The zero-order chi connectivity index (χ0) is 23.1. The summed E-state index contributed by atoms with van der Waals surface area (Å²) in [4.78, 5) is 28.9. The molecule has 0 amide bonds. The average Bonchev–Trinajstić information content (AvgIpc) is 2.89. The van der Waals surface area contributed by atoms with Gasteiger partial charge in [0.2, 0.25) is 0 Å². The van der Waals surface area contributed by atoms with Gasteiger partial charge in [-0.2, -0.15) is 5.26 Å². The summed E-state index contributed by atoms with van der Waals surface area (Å²) in [6.45, 7) is 2.02. The molecule has 0 spiro atoms. The first-order valence-corrected chi connectivity index (χ1v) is 11.5. The number of rotatable bonds is 3. The lowest BCUT2D eigenvalue weighted by Gasteiger charge is -2.32. The molecule has 0 unspecified atom stereocenters. The molecular formula is C27H22N6O. The van der Waals surface area contributed by atoms with Crippen molar-refractivity contribution in [2.75, 3.05) is 19.6 Å². The highest BCUT2D eigenvalue weighted by Crippen LogP contribution is 2.31. The molecule has 0 radical (unpaired) electrons. The van der Waals surface area contributed by atoms with Crippen LogP contribution < -0.4 is 5.56 Å². The number of nitrogens with zero attached hydrogens (tertiary/aromatic N) is 6. The van der Waals surface area contributed by atoms with Crippen LogP contribution in [0, 0.1) is 11.3 Å². The van der Waals surface area contributed by atoms with E-state index >= 15 is 0 Å². The van der Waals surface area contributed by atoms with Crippen molar-refractivity contribution in [1.82, 2.24) is 24.4 Å². The number of pyridine rings is 2. The third kappa shape index (κ3) is 3.49. The normalized spacial score (nSPS) is 15.1. The first-order valence-electron chi connectivity index (χ1n) is 11.5. The van der Waals surface area contributed by atoms with E-state index in [2.05, 4.69) is 44.1 Å². The number of hydrogen-bond donors (Lipinski definition) is 0. The van der Waals surface area contributed by atoms with E-state index in [0.717, 1.165) is 64.4 Å². The van der Waals surface area contributed by atoms with Crippen molar-refractivity contribution in [2.24, 2.45) is 0 Å². The SMILES string of the molecule is N#CCN1CCC(n2c(=O)cnc3cnc4ccc(-c5cnc6ccccc6c5)cc4c32)CC1. The molecule has 2 aromatic carbocycles. The Labute approximate surface area is 195 Å². The summed E-state index contributed by atoms with van der Waals surface area (Å²) < 4.78 is 1.90. The van der Waals surface area contributed by atoms with Gasteiger partial charge < -0.3 is 4.57 Å². The minimum atomic E-state index is -0.100. The monoisotopic (exact) mass is 446 g/mol. The van der Waals surface area contributed by atoms with Gasteiger partial charge in [-0.25, -0.2) is 4.98 Å². The number of piperidine rings is 1. The number of para-hydroxylation sites is 1. The molecule has 1 saturated heterocycles. The quantitative estimate of drug-likeness (QED) is 0.303. The van der Waals surface area contributed by atoms with E-state index in [0.29, 0.717) is 12.1 Å². The van der Waals surface area contributed by atoms with Crippen LogP contribution in [0.4, 0.5) is 0 Å². The maximum Gasteiger partial charge on any atom is 0.269 e. The Hall–Kier alpha value is -4.15. The lowest BCUT2D eigenvalue weighted by Crippen LogP contribution is -2.37. The Bertz CT molecular complexity index is 1640. The molecule has 7 heteroatoms. The minimum Gasteiger partial charge on any atom is -0.302 e. The third-order valence-electron chi connectivity index (χ3n) is 6.75. The molecule has 0 atom stereocenters.